The highest BCUT2D eigenvalue weighted by molar-refractivity contribution is 6.01. The lowest BCUT2D eigenvalue weighted by molar-refractivity contribution is -0.116. The summed E-state index contributed by atoms with van der Waals surface area (Å²) in [5, 5.41) is 5.70. The molecule has 1 aliphatic heterocycles. The number of amides is 3. The highest BCUT2D eigenvalue weighted by atomic mass is 16.5. The molecule has 0 aliphatic carbocycles. The lowest BCUT2D eigenvalue weighted by Crippen LogP contribution is -2.26. The van der Waals surface area contributed by atoms with Gasteiger partial charge in [0.1, 0.15) is 11.6 Å². The summed E-state index contributed by atoms with van der Waals surface area (Å²) in [7, 11) is 0. The quantitative estimate of drug-likeness (QED) is 0.343. The normalized spacial score (nSPS) is 12.1. The highest BCUT2D eigenvalue weighted by Gasteiger charge is 2.22. The van der Waals surface area contributed by atoms with Crippen molar-refractivity contribution in [2.45, 2.75) is 33.6 Å². The first-order valence-corrected chi connectivity index (χ1v) is 12.5. The number of nitrogens with zero attached hydrogens (tertiary/aromatic N) is 4. The number of anilines is 3. The number of urea groups is 1. The van der Waals surface area contributed by atoms with Crippen LogP contribution in [0.15, 0.2) is 67.0 Å². The fourth-order valence-corrected chi connectivity index (χ4v) is 4.41. The van der Waals surface area contributed by atoms with Gasteiger partial charge in [0, 0.05) is 49.3 Å². The summed E-state index contributed by atoms with van der Waals surface area (Å²) in [5.74, 6) is 1.79. The van der Waals surface area contributed by atoms with Gasteiger partial charge >= 0.3 is 6.03 Å². The summed E-state index contributed by atoms with van der Waals surface area (Å²) >= 11 is 0. The lowest BCUT2D eigenvalue weighted by atomic mass is 10.1. The van der Waals surface area contributed by atoms with Crippen LogP contribution < -0.4 is 20.3 Å². The number of benzene rings is 2. The Bertz CT molecular complexity index is 1520. The second kappa shape index (κ2) is 10.7. The summed E-state index contributed by atoms with van der Waals surface area (Å²) in [5.41, 5.74) is 5.50. The van der Waals surface area contributed by atoms with Crippen LogP contribution in [0.3, 0.4) is 0 Å². The Balaban J connectivity index is 1.28. The molecule has 9 nitrogen and oxygen atoms in total. The number of carbonyl (C=O) groups excluding carboxylic acids is 2. The standard InChI is InChI=1S/C29H28N6O3/c1-4-27-30-14-11-24(34-27)23-6-5-13-31-28(23)38-26-10-9-21(16-18(26)2)32-29(37)33-22-8-7-20-12-15-35(19(3)36)25(20)17-22/h5-11,13-14,16-17H,4,12,15H2,1-3H3,(H2,32,33,37). The molecule has 0 fully saturated rings. The number of aryl methyl sites for hydroxylation is 2. The van der Waals surface area contributed by atoms with E-state index in [0.717, 1.165) is 46.7 Å². The molecular weight excluding hydrogens is 480 g/mol. The molecule has 2 aromatic heterocycles. The van der Waals surface area contributed by atoms with E-state index in [0.29, 0.717) is 29.5 Å². The Morgan fingerprint density at radius 2 is 1.79 bits per heavy atom. The Labute approximate surface area is 220 Å². The van der Waals surface area contributed by atoms with Gasteiger partial charge < -0.3 is 20.3 Å². The zero-order valence-corrected chi connectivity index (χ0v) is 21.5. The van der Waals surface area contributed by atoms with Gasteiger partial charge in [-0.05, 0) is 73.0 Å². The molecular formula is C29H28N6O3. The predicted octanol–water partition coefficient (Wildman–Crippen LogP) is 5.75. The summed E-state index contributed by atoms with van der Waals surface area (Å²) in [6, 6.07) is 16.2. The van der Waals surface area contributed by atoms with Crippen LogP contribution in [0.2, 0.25) is 0 Å². The van der Waals surface area contributed by atoms with Gasteiger partial charge in [0.25, 0.3) is 0 Å². The van der Waals surface area contributed by atoms with E-state index < -0.39 is 0 Å². The molecule has 192 valence electrons. The van der Waals surface area contributed by atoms with Crippen LogP contribution in [0, 0.1) is 6.92 Å². The molecule has 1 aliphatic rings. The molecule has 5 rings (SSSR count). The van der Waals surface area contributed by atoms with Gasteiger partial charge in [-0.25, -0.2) is 19.7 Å². The Morgan fingerprint density at radius 1 is 1.00 bits per heavy atom. The van der Waals surface area contributed by atoms with Crippen LogP contribution in [0.25, 0.3) is 11.3 Å². The third-order valence-corrected chi connectivity index (χ3v) is 6.33. The van der Waals surface area contributed by atoms with Crippen molar-refractivity contribution < 1.29 is 14.3 Å². The van der Waals surface area contributed by atoms with E-state index in [9.17, 15) is 9.59 Å². The molecule has 0 radical (unpaired) electrons. The summed E-state index contributed by atoms with van der Waals surface area (Å²) < 4.78 is 6.16. The number of carbonyl (C=O) groups is 2. The van der Waals surface area contributed by atoms with Gasteiger partial charge in [-0.2, -0.15) is 0 Å². The van der Waals surface area contributed by atoms with Crippen molar-refractivity contribution in [2.24, 2.45) is 0 Å². The van der Waals surface area contributed by atoms with Crippen LogP contribution >= 0.6 is 0 Å². The Kier molecular flexibility index (Phi) is 6.99. The Morgan fingerprint density at radius 3 is 2.55 bits per heavy atom. The van der Waals surface area contributed by atoms with E-state index in [1.807, 2.05) is 56.3 Å². The number of aromatic nitrogens is 3. The van der Waals surface area contributed by atoms with Crippen molar-refractivity contribution in [3.63, 3.8) is 0 Å². The van der Waals surface area contributed by atoms with Crippen molar-refractivity contribution in [1.82, 2.24) is 15.0 Å². The minimum absolute atomic E-state index is 0.0105. The fraction of sp³-hybridized carbons (Fsp3) is 0.207. The monoisotopic (exact) mass is 508 g/mol. The van der Waals surface area contributed by atoms with E-state index in [-0.39, 0.29) is 11.9 Å². The average molecular weight is 509 g/mol. The number of ether oxygens (including phenoxy) is 1. The maximum atomic E-state index is 12.7. The second-order valence-corrected chi connectivity index (χ2v) is 8.99. The van der Waals surface area contributed by atoms with Gasteiger partial charge in [-0.15, -0.1) is 0 Å². The highest BCUT2D eigenvalue weighted by Crippen LogP contribution is 2.33. The molecule has 3 heterocycles. The molecule has 0 unspecified atom stereocenters. The maximum Gasteiger partial charge on any atom is 0.323 e. The van der Waals surface area contributed by atoms with E-state index in [1.54, 1.807) is 36.4 Å². The Hall–Kier alpha value is -4.79. The van der Waals surface area contributed by atoms with Gasteiger partial charge in [-0.3, -0.25) is 4.79 Å². The van der Waals surface area contributed by atoms with E-state index >= 15 is 0 Å². The van der Waals surface area contributed by atoms with Crippen molar-refractivity contribution in [2.75, 3.05) is 22.1 Å². The van der Waals surface area contributed by atoms with Crippen molar-refractivity contribution in [3.8, 4) is 22.9 Å². The summed E-state index contributed by atoms with van der Waals surface area (Å²) in [6.45, 7) is 6.11. The summed E-state index contributed by atoms with van der Waals surface area (Å²) in [4.78, 5) is 39.6. The molecule has 9 heteroatoms. The van der Waals surface area contributed by atoms with E-state index in [2.05, 4.69) is 25.6 Å². The first kappa shape index (κ1) is 24.9. The number of fused-ring (bicyclic) bond motifs is 1. The lowest BCUT2D eigenvalue weighted by Gasteiger charge is -2.16. The minimum Gasteiger partial charge on any atom is -0.438 e. The topological polar surface area (TPSA) is 109 Å². The fourth-order valence-electron chi connectivity index (χ4n) is 4.41. The van der Waals surface area contributed by atoms with Crippen LogP contribution in [0.4, 0.5) is 21.9 Å². The number of pyridine rings is 1. The zero-order valence-electron chi connectivity index (χ0n) is 21.5. The van der Waals surface area contributed by atoms with Gasteiger partial charge in [0.15, 0.2) is 0 Å². The summed E-state index contributed by atoms with van der Waals surface area (Å²) in [6.07, 6.45) is 4.95. The first-order chi connectivity index (χ1) is 18.4. The molecule has 0 saturated carbocycles. The molecule has 2 N–H and O–H groups in total. The SMILES string of the molecule is CCc1nccc(-c2cccnc2Oc2ccc(NC(=O)Nc3ccc4c(c3)N(C(C)=O)CC4)cc2C)n1. The molecule has 4 aromatic rings. The third kappa shape index (κ3) is 5.31. The first-order valence-electron chi connectivity index (χ1n) is 12.5. The third-order valence-electron chi connectivity index (χ3n) is 6.33. The predicted molar refractivity (Wildman–Crippen MR) is 147 cm³/mol. The molecule has 0 bridgehead atoms. The number of nitrogens with one attached hydrogen (secondary N) is 2. The van der Waals surface area contributed by atoms with E-state index in [4.69, 9.17) is 4.74 Å². The zero-order chi connectivity index (χ0) is 26.6. The largest absolute Gasteiger partial charge is 0.438 e. The van der Waals surface area contributed by atoms with Crippen LogP contribution in [-0.2, 0) is 17.6 Å². The van der Waals surface area contributed by atoms with Crippen LogP contribution in [0.1, 0.15) is 30.8 Å². The van der Waals surface area contributed by atoms with Crippen LogP contribution in [0.5, 0.6) is 11.6 Å². The number of rotatable bonds is 6. The smallest absolute Gasteiger partial charge is 0.323 e. The number of hydrogen-bond donors (Lipinski definition) is 2. The minimum atomic E-state index is -0.382. The average Bonchev–Trinajstić information content (AvgIpc) is 3.34. The molecule has 0 saturated heterocycles. The van der Waals surface area contributed by atoms with Crippen molar-refractivity contribution in [1.29, 1.82) is 0 Å². The molecule has 3 amide bonds. The molecule has 0 atom stereocenters. The molecule has 38 heavy (non-hydrogen) atoms. The maximum absolute atomic E-state index is 12.7. The molecule has 0 spiro atoms. The number of hydrogen-bond acceptors (Lipinski definition) is 6. The van der Waals surface area contributed by atoms with Gasteiger partial charge in [0.2, 0.25) is 11.8 Å². The van der Waals surface area contributed by atoms with Gasteiger partial charge in [0.05, 0.1) is 11.3 Å². The van der Waals surface area contributed by atoms with Gasteiger partial charge in [-0.1, -0.05) is 13.0 Å². The van der Waals surface area contributed by atoms with Crippen molar-refractivity contribution in [3.05, 3.63) is 83.9 Å². The van der Waals surface area contributed by atoms with Crippen molar-refractivity contribution >= 4 is 29.0 Å². The van der Waals surface area contributed by atoms with Crippen LogP contribution in [-0.4, -0.2) is 33.4 Å². The molecule has 2 aromatic carbocycles. The second-order valence-electron chi connectivity index (χ2n) is 8.99. The van der Waals surface area contributed by atoms with E-state index in [1.165, 1.54) is 0 Å².